The lowest BCUT2D eigenvalue weighted by atomic mass is 10.2. The third-order valence-electron chi connectivity index (χ3n) is 2.91. The van der Waals surface area contributed by atoms with E-state index in [1.165, 1.54) is 10.6 Å². The molecule has 0 fully saturated rings. The molecule has 1 N–H and O–H groups in total. The number of rotatable bonds is 10. The Morgan fingerprint density at radius 3 is 2.74 bits per heavy atom. The van der Waals surface area contributed by atoms with E-state index in [0.29, 0.717) is 0 Å². The highest BCUT2D eigenvalue weighted by molar-refractivity contribution is 7.15. The fourth-order valence-electron chi connectivity index (χ4n) is 1.91. The van der Waals surface area contributed by atoms with Crippen molar-refractivity contribution in [2.75, 3.05) is 38.8 Å². The zero-order chi connectivity index (χ0) is 14.1. The SMILES string of the molecule is CCCc1nc(N(C)CCC)sc1CNCCOC. The van der Waals surface area contributed by atoms with Gasteiger partial charge >= 0.3 is 0 Å². The van der Waals surface area contributed by atoms with Gasteiger partial charge in [0.05, 0.1) is 12.3 Å². The summed E-state index contributed by atoms with van der Waals surface area (Å²) in [7, 11) is 3.86. The molecular formula is C14H27N3OS. The topological polar surface area (TPSA) is 37.4 Å². The number of anilines is 1. The van der Waals surface area contributed by atoms with E-state index in [1.54, 1.807) is 7.11 Å². The molecule has 1 rings (SSSR count). The van der Waals surface area contributed by atoms with Crippen LogP contribution in [-0.2, 0) is 17.7 Å². The number of hydrogen-bond donors (Lipinski definition) is 1. The van der Waals surface area contributed by atoms with Gasteiger partial charge in [-0.15, -0.1) is 11.3 Å². The summed E-state index contributed by atoms with van der Waals surface area (Å²) in [6, 6.07) is 0. The molecule has 0 saturated carbocycles. The second-order valence-corrected chi connectivity index (χ2v) is 5.77. The molecule has 0 aliphatic rings. The van der Waals surface area contributed by atoms with E-state index >= 15 is 0 Å². The molecule has 0 aliphatic heterocycles. The second-order valence-electron chi connectivity index (χ2n) is 4.71. The van der Waals surface area contributed by atoms with Crippen molar-refractivity contribution in [1.82, 2.24) is 10.3 Å². The molecule has 0 atom stereocenters. The third-order valence-corrected chi connectivity index (χ3v) is 4.12. The van der Waals surface area contributed by atoms with Crippen LogP contribution < -0.4 is 10.2 Å². The Balaban J connectivity index is 2.65. The molecular weight excluding hydrogens is 258 g/mol. The van der Waals surface area contributed by atoms with E-state index in [9.17, 15) is 0 Å². The summed E-state index contributed by atoms with van der Waals surface area (Å²) in [4.78, 5) is 8.41. The quantitative estimate of drug-likeness (QED) is 0.671. The van der Waals surface area contributed by atoms with Crippen LogP contribution in [-0.4, -0.2) is 38.8 Å². The Kier molecular flexibility index (Phi) is 8.02. The van der Waals surface area contributed by atoms with E-state index in [0.717, 1.165) is 50.6 Å². The van der Waals surface area contributed by atoms with Gasteiger partial charge in [0, 0.05) is 38.7 Å². The Morgan fingerprint density at radius 1 is 1.32 bits per heavy atom. The first-order valence-electron chi connectivity index (χ1n) is 7.12. The first-order chi connectivity index (χ1) is 9.22. The molecule has 1 aromatic heterocycles. The van der Waals surface area contributed by atoms with Gasteiger partial charge in [-0.2, -0.15) is 0 Å². The number of hydrogen-bond acceptors (Lipinski definition) is 5. The summed E-state index contributed by atoms with van der Waals surface area (Å²) in [6.45, 7) is 8.01. The smallest absolute Gasteiger partial charge is 0.185 e. The molecule has 0 amide bonds. The predicted molar refractivity (Wildman–Crippen MR) is 83.3 cm³/mol. The van der Waals surface area contributed by atoms with Crippen molar-refractivity contribution in [1.29, 1.82) is 0 Å². The van der Waals surface area contributed by atoms with Crippen LogP contribution in [0.4, 0.5) is 5.13 Å². The summed E-state index contributed by atoms with van der Waals surface area (Å²) >= 11 is 1.82. The lowest BCUT2D eigenvalue weighted by molar-refractivity contribution is 0.199. The normalized spacial score (nSPS) is 10.9. The molecule has 0 aliphatic carbocycles. The largest absolute Gasteiger partial charge is 0.383 e. The number of aryl methyl sites for hydroxylation is 1. The Hall–Kier alpha value is -0.650. The molecule has 0 unspecified atom stereocenters. The van der Waals surface area contributed by atoms with Crippen LogP contribution in [0.3, 0.4) is 0 Å². The fraction of sp³-hybridized carbons (Fsp3) is 0.786. The molecule has 110 valence electrons. The number of nitrogens with one attached hydrogen (secondary N) is 1. The van der Waals surface area contributed by atoms with Gasteiger partial charge in [-0.05, 0) is 12.8 Å². The second kappa shape index (κ2) is 9.28. The molecule has 19 heavy (non-hydrogen) atoms. The van der Waals surface area contributed by atoms with E-state index in [-0.39, 0.29) is 0 Å². The van der Waals surface area contributed by atoms with Crippen molar-refractivity contribution < 1.29 is 4.74 Å². The number of thiazole rings is 1. The van der Waals surface area contributed by atoms with Gasteiger partial charge in [-0.1, -0.05) is 20.3 Å². The van der Waals surface area contributed by atoms with Crippen LogP contribution >= 0.6 is 11.3 Å². The minimum atomic E-state index is 0.754. The fourth-order valence-corrected chi connectivity index (χ4v) is 2.97. The zero-order valence-electron chi connectivity index (χ0n) is 12.7. The Bertz CT molecular complexity index is 354. The first-order valence-corrected chi connectivity index (χ1v) is 7.93. The average molecular weight is 285 g/mol. The number of nitrogens with zero attached hydrogens (tertiary/aromatic N) is 2. The van der Waals surface area contributed by atoms with Gasteiger partial charge in [0.1, 0.15) is 0 Å². The van der Waals surface area contributed by atoms with Gasteiger partial charge < -0.3 is 15.0 Å². The summed E-state index contributed by atoms with van der Waals surface area (Å²) < 4.78 is 5.05. The highest BCUT2D eigenvalue weighted by Crippen LogP contribution is 2.26. The van der Waals surface area contributed by atoms with E-state index < -0.39 is 0 Å². The predicted octanol–water partition coefficient (Wildman–Crippen LogP) is 2.68. The highest BCUT2D eigenvalue weighted by atomic mass is 32.1. The van der Waals surface area contributed by atoms with E-state index in [1.807, 2.05) is 11.3 Å². The standard InChI is InChI=1S/C14H27N3OS/c1-5-7-12-13(11-15-8-10-18-4)19-14(16-12)17(3)9-6-2/h15H,5-11H2,1-4H3. The van der Waals surface area contributed by atoms with Crippen LogP contribution in [0.15, 0.2) is 0 Å². The molecule has 5 heteroatoms. The number of ether oxygens (including phenoxy) is 1. The van der Waals surface area contributed by atoms with Gasteiger partial charge in [0.15, 0.2) is 5.13 Å². The Morgan fingerprint density at radius 2 is 2.11 bits per heavy atom. The minimum Gasteiger partial charge on any atom is -0.383 e. The molecule has 1 heterocycles. The van der Waals surface area contributed by atoms with Crippen LogP contribution in [0.25, 0.3) is 0 Å². The van der Waals surface area contributed by atoms with Gasteiger partial charge in [0.2, 0.25) is 0 Å². The average Bonchev–Trinajstić information content (AvgIpc) is 2.79. The lowest BCUT2D eigenvalue weighted by Gasteiger charge is -2.13. The molecule has 0 spiro atoms. The van der Waals surface area contributed by atoms with Crippen molar-refractivity contribution in [3.05, 3.63) is 10.6 Å². The minimum absolute atomic E-state index is 0.754. The third kappa shape index (κ3) is 5.47. The Labute approximate surface area is 121 Å². The number of methoxy groups -OCH3 is 1. The molecule has 1 aromatic rings. The maximum absolute atomic E-state index is 5.05. The zero-order valence-corrected chi connectivity index (χ0v) is 13.5. The molecule has 0 bridgehead atoms. The summed E-state index contributed by atoms with van der Waals surface area (Å²) in [5.41, 5.74) is 1.26. The molecule has 0 radical (unpaired) electrons. The van der Waals surface area contributed by atoms with Crippen molar-refractivity contribution in [2.45, 2.75) is 39.7 Å². The van der Waals surface area contributed by atoms with Gasteiger partial charge in [-0.3, -0.25) is 0 Å². The van der Waals surface area contributed by atoms with Crippen molar-refractivity contribution in [3.8, 4) is 0 Å². The van der Waals surface area contributed by atoms with Crippen molar-refractivity contribution >= 4 is 16.5 Å². The van der Waals surface area contributed by atoms with Crippen LogP contribution in [0.1, 0.15) is 37.3 Å². The highest BCUT2D eigenvalue weighted by Gasteiger charge is 2.12. The maximum Gasteiger partial charge on any atom is 0.185 e. The molecule has 0 saturated heterocycles. The maximum atomic E-state index is 5.05. The van der Waals surface area contributed by atoms with E-state index in [2.05, 4.69) is 31.1 Å². The summed E-state index contributed by atoms with van der Waals surface area (Å²) in [5.74, 6) is 0. The van der Waals surface area contributed by atoms with Gasteiger partial charge in [-0.25, -0.2) is 4.98 Å². The monoisotopic (exact) mass is 285 g/mol. The summed E-state index contributed by atoms with van der Waals surface area (Å²) in [6.07, 6.45) is 3.37. The molecule has 0 aromatic carbocycles. The first kappa shape index (κ1) is 16.4. The number of aromatic nitrogens is 1. The van der Waals surface area contributed by atoms with Crippen LogP contribution in [0.2, 0.25) is 0 Å². The lowest BCUT2D eigenvalue weighted by Crippen LogP contribution is -2.18. The van der Waals surface area contributed by atoms with E-state index in [4.69, 9.17) is 9.72 Å². The van der Waals surface area contributed by atoms with Crippen LogP contribution in [0, 0.1) is 0 Å². The van der Waals surface area contributed by atoms with Crippen LogP contribution in [0.5, 0.6) is 0 Å². The van der Waals surface area contributed by atoms with Crippen molar-refractivity contribution in [3.63, 3.8) is 0 Å². The van der Waals surface area contributed by atoms with Gasteiger partial charge in [0.25, 0.3) is 0 Å². The molecule has 4 nitrogen and oxygen atoms in total. The summed E-state index contributed by atoms with van der Waals surface area (Å²) in [5, 5.41) is 4.56. The van der Waals surface area contributed by atoms with Crippen molar-refractivity contribution in [2.24, 2.45) is 0 Å².